The minimum Gasteiger partial charge on any atom is -0.476 e. The summed E-state index contributed by atoms with van der Waals surface area (Å²) in [5, 5.41) is 12.0. The summed E-state index contributed by atoms with van der Waals surface area (Å²) in [5.41, 5.74) is -0.0172. The second kappa shape index (κ2) is 5.61. The molecule has 1 aromatic rings. The SMILES string of the molecule is O=C(O)c1cnc(NC2CCCCCC2)cn1. The van der Waals surface area contributed by atoms with Crippen LogP contribution in [0.3, 0.4) is 0 Å². The Morgan fingerprint density at radius 2 is 1.88 bits per heavy atom. The number of carboxylic acid groups (broad SMARTS) is 1. The van der Waals surface area contributed by atoms with Crippen molar-refractivity contribution >= 4 is 11.8 Å². The van der Waals surface area contributed by atoms with Gasteiger partial charge in [0.1, 0.15) is 5.82 Å². The maximum absolute atomic E-state index is 10.6. The summed E-state index contributed by atoms with van der Waals surface area (Å²) in [6, 6.07) is 0.447. The van der Waals surface area contributed by atoms with E-state index in [1.54, 1.807) is 0 Å². The zero-order valence-corrected chi connectivity index (χ0v) is 9.72. The molecule has 0 bridgehead atoms. The Morgan fingerprint density at radius 1 is 1.18 bits per heavy atom. The van der Waals surface area contributed by atoms with Crippen molar-refractivity contribution in [2.45, 2.75) is 44.6 Å². The fraction of sp³-hybridized carbons (Fsp3) is 0.583. The first kappa shape index (κ1) is 11.8. The van der Waals surface area contributed by atoms with Gasteiger partial charge in [-0.3, -0.25) is 0 Å². The molecular formula is C12H17N3O2. The smallest absolute Gasteiger partial charge is 0.356 e. The van der Waals surface area contributed by atoms with E-state index in [2.05, 4.69) is 15.3 Å². The van der Waals surface area contributed by atoms with Crippen LogP contribution >= 0.6 is 0 Å². The molecule has 5 nitrogen and oxygen atoms in total. The molecule has 0 unspecified atom stereocenters. The van der Waals surface area contributed by atoms with Crippen molar-refractivity contribution in [1.82, 2.24) is 9.97 Å². The molecule has 5 heteroatoms. The predicted molar refractivity (Wildman–Crippen MR) is 64.1 cm³/mol. The first-order valence-electron chi connectivity index (χ1n) is 6.07. The van der Waals surface area contributed by atoms with Crippen molar-refractivity contribution in [2.75, 3.05) is 5.32 Å². The largest absolute Gasteiger partial charge is 0.476 e. The predicted octanol–water partition coefficient (Wildman–Crippen LogP) is 2.31. The molecule has 0 aromatic carbocycles. The molecule has 1 heterocycles. The van der Waals surface area contributed by atoms with Gasteiger partial charge in [0, 0.05) is 6.04 Å². The van der Waals surface area contributed by atoms with Crippen LogP contribution in [0.15, 0.2) is 12.4 Å². The highest BCUT2D eigenvalue weighted by molar-refractivity contribution is 5.84. The standard InChI is InChI=1S/C12H17N3O2/c16-12(17)10-7-14-11(8-13-10)15-9-5-3-1-2-4-6-9/h7-9H,1-6H2,(H,14,15)(H,16,17). The molecule has 1 aliphatic carbocycles. The monoisotopic (exact) mass is 235 g/mol. The normalized spacial score (nSPS) is 17.4. The topological polar surface area (TPSA) is 75.1 Å². The molecule has 0 saturated heterocycles. The number of hydrogen-bond acceptors (Lipinski definition) is 4. The molecule has 2 rings (SSSR count). The average Bonchev–Trinajstić information content (AvgIpc) is 2.58. The molecule has 92 valence electrons. The maximum Gasteiger partial charge on any atom is 0.356 e. The van der Waals surface area contributed by atoms with E-state index in [1.807, 2.05) is 0 Å². The molecule has 1 fully saturated rings. The van der Waals surface area contributed by atoms with E-state index in [1.165, 1.54) is 38.1 Å². The van der Waals surface area contributed by atoms with Gasteiger partial charge in [0.2, 0.25) is 0 Å². The summed E-state index contributed by atoms with van der Waals surface area (Å²) < 4.78 is 0. The highest BCUT2D eigenvalue weighted by Crippen LogP contribution is 2.19. The maximum atomic E-state index is 10.6. The van der Waals surface area contributed by atoms with Crippen molar-refractivity contribution in [3.8, 4) is 0 Å². The third-order valence-corrected chi connectivity index (χ3v) is 3.08. The lowest BCUT2D eigenvalue weighted by atomic mass is 10.1. The van der Waals surface area contributed by atoms with E-state index in [0.29, 0.717) is 11.9 Å². The van der Waals surface area contributed by atoms with Gasteiger partial charge in [-0.25, -0.2) is 14.8 Å². The Labute approximate surface area is 100 Å². The Hall–Kier alpha value is -1.65. The van der Waals surface area contributed by atoms with E-state index < -0.39 is 5.97 Å². The second-order valence-electron chi connectivity index (χ2n) is 4.42. The number of carboxylic acids is 1. The van der Waals surface area contributed by atoms with Crippen LogP contribution in [0.1, 0.15) is 49.0 Å². The molecule has 17 heavy (non-hydrogen) atoms. The van der Waals surface area contributed by atoms with Crippen LogP contribution < -0.4 is 5.32 Å². The molecule has 0 atom stereocenters. The molecule has 2 N–H and O–H groups in total. The molecule has 1 saturated carbocycles. The highest BCUT2D eigenvalue weighted by Gasteiger charge is 2.13. The number of nitrogens with one attached hydrogen (secondary N) is 1. The van der Waals surface area contributed by atoms with Crippen LogP contribution in [0.2, 0.25) is 0 Å². The number of hydrogen-bond donors (Lipinski definition) is 2. The second-order valence-corrected chi connectivity index (χ2v) is 4.42. The van der Waals surface area contributed by atoms with Crippen LogP contribution in [-0.2, 0) is 0 Å². The summed E-state index contributed by atoms with van der Waals surface area (Å²) in [7, 11) is 0. The Bertz CT molecular complexity index is 370. The molecule has 0 aliphatic heterocycles. The fourth-order valence-electron chi connectivity index (χ4n) is 2.15. The fourth-order valence-corrected chi connectivity index (χ4v) is 2.15. The van der Waals surface area contributed by atoms with Crippen molar-refractivity contribution in [3.63, 3.8) is 0 Å². The number of rotatable bonds is 3. The van der Waals surface area contributed by atoms with Crippen molar-refractivity contribution in [2.24, 2.45) is 0 Å². The molecule has 0 amide bonds. The number of carbonyl (C=O) groups is 1. The summed E-state index contributed by atoms with van der Waals surface area (Å²) >= 11 is 0. The molecule has 1 aliphatic rings. The van der Waals surface area contributed by atoms with Gasteiger partial charge < -0.3 is 10.4 Å². The molecule has 0 radical (unpaired) electrons. The highest BCUT2D eigenvalue weighted by atomic mass is 16.4. The van der Waals surface area contributed by atoms with Crippen molar-refractivity contribution in [3.05, 3.63) is 18.1 Å². The van der Waals surface area contributed by atoms with Gasteiger partial charge in [-0.1, -0.05) is 25.7 Å². The number of aromatic carboxylic acids is 1. The van der Waals surface area contributed by atoms with Crippen LogP contribution in [0, 0.1) is 0 Å². The lowest BCUT2D eigenvalue weighted by molar-refractivity contribution is 0.0690. The Morgan fingerprint density at radius 3 is 2.41 bits per heavy atom. The third-order valence-electron chi connectivity index (χ3n) is 3.08. The van der Waals surface area contributed by atoms with Crippen molar-refractivity contribution < 1.29 is 9.90 Å². The molecule has 1 aromatic heterocycles. The zero-order valence-electron chi connectivity index (χ0n) is 9.72. The summed E-state index contributed by atoms with van der Waals surface area (Å²) in [5.74, 6) is -0.375. The van der Waals surface area contributed by atoms with Crippen LogP contribution in [0.5, 0.6) is 0 Å². The first-order valence-corrected chi connectivity index (χ1v) is 6.07. The van der Waals surface area contributed by atoms with Crippen molar-refractivity contribution in [1.29, 1.82) is 0 Å². The average molecular weight is 235 g/mol. The first-order chi connectivity index (χ1) is 8.25. The lowest BCUT2D eigenvalue weighted by Crippen LogP contribution is -2.19. The van der Waals surface area contributed by atoms with Gasteiger partial charge in [0.25, 0.3) is 0 Å². The van der Waals surface area contributed by atoms with E-state index in [4.69, 9.17) is 5.11 Å². The van der Waals surface area contributed by atoms with Gasteiger partial charge in [-0.15, -0.1) is 0 Å². The Balaban J connectivity index is 1.95. The lowest BCUT2D eigenvalue weighted by Gasteiger charge is -2.16. The summed E-state index contributed by atoms with van der Waals surface area (Å²) in [4.78, 5) is 18.5. The Kier molecular flexibility index (Phi) is 3.90. The summed E-state index contributed by atoms with van der Waals surface area (Å²) in [6.07, 6.45) is 10.2. The number of anilines is 1. The zero-order chi connectivity index (χ0) is 12.1. The van der Waals surface area contributed by atoms with E-state index in [-0.39, 0.29) is 5.69 Å². The quantitative estimate of drug-likeness (QED) is 0.786. The van der Waals surface area contributed by atoms with Gasteiger partial charge >= 0.3 is 5.97 Å². The minimum atomic E-state index is -1.04. The number of aromatic nitrogens is 2. The minimum absolute atomic E-state index is 0.0172. The third kappa shape index (κ3) is 3.41. The van der Waals surface area contributed by atoms with Gasteiger partial charge in [-0.2, -0.15) is 0 Å². The molecule has 0 spiro atoms. The summed E-state index contributed by atoms with van der Waals surface area (Å²) in [6.45, 7) is 0. The van der Waals surface area contributed by atoms with Crippen LogP contribution in [-0.4, -0.2) is 27.1 Å². The van der Waals surface area contributed by atoms with E-state index in [9.17, 15) is 4.79 Å². The van der Waals surface area contributed by atoms with E-state index in [0.717, 1.165) is 12.8 Å². The van der Waals surface area contributed by atoms with Gasteiger partial charge in [0.05, 0.1) is 12.4 Å². The van der Waals surface area contributed by atoms with Gasteiger partial charge in [-0.05, 0) is 12.8 Å². The molecular weight excluding hydrogens is 218 g/mol. The van der Waals surface area contributed by atoms with Gasteiger partial charge in [0.15, 0.2) is 5.69 Å². The van der Waals surface area contributed by atoms with E-state index >= 15 is 0 Å². The van der Waals surface area contributed by atoms with Crippen LogP contribution in [0.25, 0.3) is 0 Å². The number of nitrogens with zero attached hydrogens (tertiary/aromatic N) is 2. The van der Waals surface area contributed by atoms with Crippen LogP contribution in [0.4, 0.5) is 5.82 Å².